The predicted molar refractivity (Wildman–Crippen MR) is 85.2 cm³/mol. The summed E-state index contributed by atoms with van der Waals surface area (Å²) in [6, 6.07) is 0. The topological polar surface area (TPSA) is 9.23 Å². The van der Waals surface area contributed by atoms with Gasteiger partial charge in [0.05, 0.1) is 12.2 Å². The Labute approximate surface area is 134 Å². The molecular formula is C21H30O. The maximum atomic E-state index is 6.77. The molecular weight excluding hydrogens is 268 g/mol. The van der Waals surface area contributed by atoms with Crippen molar-refractivity contribution in [2.24, 2.45) is 52.8 Å². The fraction of sp³-hybridized carbons (Fsp3) is 1.00. The van der Waals surface area contributed by atoms with Crippen molar-refractivity contribution in [2.75, 3.05) is 6.61 Å². The second-order valence-electron chi connectivity index (χ2n) is 10.7. The zero-order valence-electron chi connectivity index (χ0n) is 13.8. The molecule has 120 valence electrons. The zero-order chi connectivity index (χ0) is 14.1. The molecule has 9 aliphatic rings. The molecule has 2 spiro atoms. The predicted octanol–water partition coefficient (Wildman–Crippen LogP) is 4.65. The number of hydrogen-bond acceptors (Lipinski definition) is 1. The zero-order valence-corrected chi connectivity index (χ0v) is 13.8. The molecule has 8 aliphatic carbocycles. The fourth-order valence-electron chi connectivity index (χ4n) is 10.2. The van der Waals surface area contributed by atoms with Gasteiger partial charge in [-0.1, -0.05) is 0 Å². The van der Waals surface area contributed by atoms with Crippen molar-refractivity contribution in [1.29, 1.82) is 0 Å². The van der Waals surface area contributed by atoms with Crippen molar-refractivity contribution in [3.8, 4) is 0 Å². The Hall–Kier alpha value is -0.0400. The third kappa shape index (κ3) is 1.12. The summed E-state index contributed by atoms with van der Waals surface area (Å²) in [5.41, 5.74) is 1.06. The van der Waals surface area contributed by atoms with Crippen LogP contribution >= 0.6 is 0 Å². The highest BCUT2D eigenvalue weighted by atomic mass is 16.5. The van der Waals surface area contributed by atoms with Crippen LogP contribution in [0.2, 0.25) is 0 Å². The van der Waals surface area contributed by atoms with E-state index in [0.717, 1.165) is 47.3 Å². The van der Waals surface area contributed by atoms with Crippen LogP contribution in [0.3, 0.4) is 0 Å². The summed E-state index contributed by atoms with van der Waals surface area (Å²) in [6.45, 7) is 1.17. The molecule has 1 nitrogen and oxygen atoms in total. The quantitative estimate of drug-likeness (QED) is 0.632. The van der Waals surface area contributed by atoms with E-state index in [0.29, 0.717) is 11.0 Å². The maximum absolute atomic E-state index is 6.77. The van der Waals surface area contributed by atoms with Gasteiger partial charge in [0.2, 0.25) is 0 Å². The second kappa shape index (κ2) is 3.63. The minimum absolute atomic E-state index is 0.392. The first-order valence-corrected chi connectivity index (χ1v) is 10.4. The van der Waals surface area contributed by atoms with Gasteiger partial charge < -0.3 is 4.74 Å². The Morgan fingerprint density at radius 1 is 0.500 bits per heavy atom. The lowest BCUT2D eigenvalue weighted by Crippen LogP contribution is -2.81. The first kappa shape index (κ1) is 12.3. The van der Waals surface area contributed by atoms with Gasteiger partial charge in [-0.25, -0.2) is 0 Å². The van der Waals surface area contributed by atoms with Crippen LogP contribution in [-0.4, -0.2) is 12.2 Å². The fourth-order valence-corrected chi connectivity index (χ4v) is 10.2. The SMILES string of the molecule is C1C2CC3CC1CC(C2)C31COC12C1CC3CC(C1)CC2C3. The van der Waals surface area contributed by atoms with Crippen molar-refractivity contribution >= 4 is 0 Å². The summed E-state index contributed by atoms with van der Waals surface area (Å²) in [5, 5.41) is 0. The Balaban J connectivity index is 1.37. The first-order chi connectivity index (χ1) is 10.8. The van der Waals surface area contributed by atoms with E-state index in [2.05, 4.69) is 0 Å². The number of hydrogen-bond donors (Lipinski definition) is 0. The number of rotatable bonds is 0. The van der Waals surface area contributed by atoms with Crippen LogP contribution in [0, 0.1) is 52.8 Å². The van der Waals surface area contributed by atoms with Gasteiger partial charge in [0.15, 0.2) is 0 Å². The Morgan fingerprint density at radius 2 is 0.909 bits per heavy atom. The third-order valence-electron chi connectivity index (χ3n) is 10.2. The van der Waals surface area contributed by atoms with Crippen LogP contribution < -0.4 is 0 Å². The largest absolute Gasteiger partial charge is 0.373 e. The van der Waals surface area contributed by atoms with Crippen LogP contribution in [-0.2, 0) is 4.74 Å². The summed E-state index contributed by atoms with van der Waals surface area (Å²) in [4.78, 5) is 0. The molecule has 8 saturated carbocycles. The van der Waals surface area contributed by atoms with Gasteiger partial charge in [-0.15, -0.1) is 0 Å². The van der Waals surface area contributed by atoms with E-state index in [1.165, 1.54) is 6.61 Å². The van der Waals surface area contributed by atoms with Crippen LogP contribution in [0.25, 0.3) is 0 Å². The van der Waals surface area contributed by atoms with E-state index in [1.807, 2.05) is 0 Å². The molecule has 0 aromatic rings. The Kier molecular flexibility index (Phi) is 2.04. The van der Waals surface area contributed by atoms with E-state index in [4.69, 9.17) is 4.74 Å². The molecule has 8 bridgehead atoms. The molecule has 0 N–H and O–H groups in total. The maximum Gasteiger partial charge on any atom is 0.0822 e. The van der Waals surface area contributed by atoms with Crippen LogP contribution in [0.15, 0.2) is 0 Å². The van der Waals surface area contributed by atoms with Gasteiger partial charge in [-0.05, 0) is 112 Å². The van der Waals surface area contributed by atoms with Gasteiger partial charge >= 0.3 is 0 Å². The first-order valence-electron chi connectivity index (χ1n) is 10.4. The molecule has 9 rings (SSSR count). The van der Waals surface area contributed by atoms with Crippen LogP contribution in [0.4, 0.5) is 0 Å². The lowest BCUT2D eigenvalue weighted by Gasteiger charge is -2.79. The lowest BCUT2D eigenvalue weighted by atomic mass is 9.32. The summed E-state index contributed by atoms with van der Waals surface area (Å²) < 4.78 is 6.77. The summed E-state index contributed by atoms with van der Waals surface area (Å²) in [7, 11) is 0. The van der Waals surface area contributed by atoms with Gasteiger partial charge in [0.1, 0.15) is 0 Å². The second-order valence-corrected chi connectivity index (χ2v) is 10.7. The highest BCUT2D eigenvalue weighted by molar-refractivity contribution is 5.25. The van der Waals surface area contributed by atoms with Crippen molar-refractivity contribution in [3.63, 3.8) is 0 Å². The van der Waals surface area contributed by atoms with Gasteiger partial charge in [0.25, 0.3) is 0 Å². The average molecular weight is 298 g/mol. The molecule has 9 fully saturated rings. The Bertz CT molecular complexity index is 430. The normalized spacial score (nSPS) is 69.8. The standard InChI is InChI=1S/C21H30O/c1-12-3-16-5-13(1)6-17(4-12)20(16)11-22-21(20)18-7-14-2-15(9-18)10-19(21)8-14/h12-19H,1-11H2. The van der Waals surface area contributed by atoms with Gasteiger partial charge in [-0.2, -0.15) is 0 Å². The van der Waals surface area contributed by atoms with Gasteiger partial charge in [0, 0.05) is 5.41 Å². The van der Waals surface area contributed by atoms with E-state index in [1.54, 1.807) is 64.2 Å². The van der Waals surface area contributed by atoms with Crippen molar-refractivity contribution in [3.05, 3.63) is 0 Å². The summed E-state index contributed by atoms with van der Waals surface area (Å²) in [5.74, 6) is 8.47. The minimum atomic E-state index is 0.392. The lowest BCUT2D eigenvalue weighted by molar-refractivity contribution is -0.406. The van der Waals surface area contributed by atoms with Crippen molar-refractivity contribution in [1.82, 2.24) is 0 Å². The summed E-state index contributed by atoms with van der Waals surface area (Å²) in [6.07, 6.45) is 15.7. The molecule has 0 unspecified atom stereocenters. The molecule has 22 heavy (non-hydrogen) atoms. The molecule has 0 amide bonds. The van der Waals surface area contributed by atoms with E-state index < -0.39 is 0 Å². The average Bonchev–Trinajstić information content (AvgIpc) is 2.44. The molecule has 1 aliphatic heterocycles. The molecule has 1 heteroatoms. The molecule has 0 atom stereocenters. The monoisotopic (exact) mass is 298 g/mol. The highest BCUT2D eigenvalue weighted by Crippen LogP contribution is 2.77. The van der Waals surface area contributed by atoms with E-state index in [-0.39, 0.29) is 0 Å². The van der Waals surface area contributed by atoms with Crippen molar-refractivity contribution < 1.29 is 4.74 Å². The Morgan fingerprint density at radius 3 is 1.27 bits per heavy atom. The van der Waals surface area contributed by atoms with Crippen molar-refractivity contribution in [2.45, 2.75) is 69.8 Å². The molecule has 0 aromatic carbocycles. The van der Waals surface area contributed by atoms with E-state index in [9.17, 15) is 0 Å². The number of ether oxygens (including phenoxy) is 1. The summed E-state index contributed by atoms with van der Waals surface area (Å²) >= 11 is 0. The molecule has 0 radical (unpaired) electrons. The minimum Gasteiger partial charge on any atom is -0.373 e. The van der Waals surface area contributed by atoms with Crippen LogP contribution in [0.1, 0.15) is 64.2 Å². The molecule has 1 heterocycles. The molecule has 0 aromatic heterocycles. The van der Waals surface area contributed by atoms with Gasteiger partial charge in [-0.3, -0.25) is 0 Å². The smallest absolute Gasteiger partial charge is 0.0822 e. The van der Waals surface area contributed by atoms with E-state index >= 15 is 0 Å². The van der Waals surface area contributed by atoms with Crippen LogP contribution in [0.5, 0.6) is 0 Å². The third-order valence-corrected chi connectivity index (χ3v) is 10.2. The molecule has 1 saturated heterocycles. The highest BCUT2D eigenvalue weighted by Gasteiger charge is 2.77.